The molecule has 82 valence electrons. The molecular weight excluding hydrogens is 186 g/mol. The van der Waals surface area contributed by atoms with Gasteiger partial charge in [0.15, 0.2) is 6.61 Å². The molecular formula is C8H17N3O3. The summed E-state index contributed by atoms with van der Waals surface area (Å²) in [7, 11) is 0. The van der Waals surface area contributed by atoms with Gasteiger partial charge in [0.2, 0.25) is 5.91 Å². The Kier molecular flexibility index (Phi) is 5.11. The van der Waals surface area contributed by atoms with Crippen LogP contribution in [0.25, 0.3) is 0 Å². The molecule has 0 heterocycles. The van der Waals surface area contributed by atoms with Crippen LogP contribution in [0.15, 0.2) is 0 Å². The smallest absolute Gasteiger partial charge is 0.263 e. The van der Waals surface area contributed by atoms with Gasteiger partial charge in [0.05, 0.1) is 5.54 Å². The van der Waals surface area contributed by atoms with Gasteiger partial charge in [-0.2, -0.15) is 0 Å². The number of nitrogens with one attached hydrogen (secondary N) is 1. The van der Waals surface area contributed by atoms with E-state index in [9.17, 15) is 9.59 Å². The number of primary amides is 1. The number of carbonyl (C=O) groups is 2. The highest BCUT2D eigenvalue weighted by atomic mass is 16.7. The van der Waals surface area contributed by atoms with Gasteiger partial charge in [-0.25, -0.2) is 5.48 Å². The van der Waals surface area contributed by atoms with E-state index >= 15 is 0 Å². The third kappa shape index (κ3) is 4.78. The zero-order valence-corrected chi connectivity index (χ0v) is 8.50. The van der Waals surface area contributed by atoms with Crippen molar-refractivity contribution in [3.8, 4) is 0 Å². The SMILES string of the molecule is CCCC(C)(N)C(=O)NOCC(N)=O. The summed E-state index contributed by atoms with van der Waals surface area (Å²) in [6.45, 7) is 3.16. The molecule has 0 saturated carbocycles. The fraction of sp³-hybridized carbons (Fsp3) is 0.750. The Labute approximate surface area is 82.9 Å². The highest BCUT2D eigenvalue weighted by Gasteiger charge is 2.27. The molecule has 6 nitrogen and oxygen atoms in total. The number of carbonyl (C=O) groups excluding carboxylic acids is 2. The van der Waals surface area contributed by atoms with Gasteiger partial charge < -0.3 is 11.5 Å². The van der Waals surface area contributed by atoms with Crippen molar-refractivity contribution in [2.24, 2.45) is 11.5 Å². The molecule has 0 spiro atoms. The van der Waals surface area contributed by atoms with Crippen molar-refractivity contribution in [3.05, 3.63) is 0 Å². The maximum Gasteiger partial charge on any atom is 0.263 e. The van der Waals surface area contributed by atoms with Crippen LogP contribution in [0, 0.1) is 0 Å². The number of hydroxylamine groups is 1. The lowest BCUT2D eigenvalue weighted by Gasteiger charge is -2.21. The minimum absolute atomic E-state index is 0.353. The van der Waals surface area contributed by atoms with E-state index in [0.29, 0.717) is 6.42 Å². The largest absolute Gasteiger partial charge is 0.368 e. The second kappa shape index (κ2) is 5.56. The zero-order chi connectivity index (χ0) is 11.2. The summed E-state index contributed by atoms with van der Waals surface area (Å²) in [6, 6.07) is 0. The summed E-state index contributed by atoms with van der Waals surface area (Å²) in [5.41, 5.74) is 11.6. The van der Waals surface area contributed by atoms with E-state index in [4.69, 9.17) is 11.5 Å². The maximum atomic E-state index is 11.3. The Morgan fingerprint density at radius 2 is 2.07 bits per heavy atom. The Morgan fingerprint density at radius 1 is 1.50 bits per heavy atom. The van der Waals surface area contributed by atoms with Crippen LogP contribution in [0.3, 0.4) is 0 Å². The summed E-state index contributed by atoms with van der Waals surface area (Å²) in [4.78, 5) is 26.1. The van der Waals surface area contributed by atoms with Crippen LogP contribution in [-0.2, 0) is 14.4 Å². The number of amides is 2. The van der Waals surface area contributed by atoms with E-state index in [0.717, 1.165) is 6.42 Å². The molecule has 6 heteroatoms. The molecule has 0 rings (SSSR count). The number of hydrogen-bond donors (Lipinski definition) is 3. The highest BCUT2D eigenvalue weighted by Crippen LogP contribution is 2.07. The van der Waals surface area contributed by atoms with Gasteiger partial charge in [0.25, 0.3) is 5.91 Å². The Morgan fingerprint density at radius 3 is 2.50 bits per heavy atom. The van der Waals surface area contributed by atoms with Crippen molar-refractivity contribution in [1.82, 2.24) is 5.48 Å². The van der Waals surface area contributed by atoms with Crippen LogP contribution in [0.1, 0.15) is 26.7 Å². The minimum Gasteiger partial charge on any atom is -0.368 e. The first-order chi connectivity index (χ1) is 6.40. The average molecular weight is 203 g/mol. The van der Waals surface area contributed by atoms with Gasteiger partial charge in [-0.3, -0.25) is 14.4 Å². The monoisotopic (exact) mass is 203 g/mol. The van der Waals surface area contributed by atoms with Crippen LogP contribution in [0.5, 0.6) is 0 Å². The number of rotatable bonds is 6. The maximum absolute atomic E-state index is 11.3. The molecule has 1 unspecified atom stereocenters. The molecule has 0 aliphatic rings. The lowest BCUT2D eigenvalue weighted by molar-refractivity contribution is -0.142. The summed E-state index contributed by atoms with van der Waals surface area (Å²) in [6.07, 6.45) is 1.33. The van der Waals surface area contributed by atoms with E-state index in [2.05, 4.69) is 10.3 Å². The van der Waals surface area contributed by atoms with Gasteiger partial charge >= 0.3 is 0 Å². The molecule has 1 atom stereocenters. The molecule has 0 aliphatic heterocycles. The summed E-state index contributed by atoms with van der Waals surface area (Å²) < 4.78 is 0. The zero-order valence-electron chi connectivity index (χ0n) is 8.50. The Bertz CT molecular complexity index is 216. The molecule has 0 fully saturated rings. The second-order valence-corrected chi connectivity index (χ2v) is 3.35. The van der Waals surface area contributed by atoms with Crippen molar-refractivity contribution in [2.45, 2.75) is 32.2 Å². The van der Waals surface area contributed by atoms with Crippen LogP contribution in [0.4, 0.5) is 0 Å². The van der Waals surface area contributed by atoms with Crippen molar-refractivity contribution < 1.29 is 14.4 Å². The summed E-state index contributed by atoms with van der Waals surface area (Å²) >= 11 is 0. The topological polar surface area (TPSA) is 107 Å². The number of hydrogen-bond acceptors (Lipinski definition) is 4. The lowest BCUT2D eigenvalue weighted by Crippen LogP contribution is -2.51. The molecule has 0 aromatic heterocycles. The van der Waals surface area contributed by atoms with Gasteiger partial charge in [-0.15, -0.1) is 0 Å². The van der Waals surface area contributed by atoms with Crippen molar-refractivity contribution in [1.29, 1.82) is 0 Å². The molecule has 0 aromatic carbocycles. The average Bonchev–Trinajstić information content (AvgIpc) is 2.03. The Balaban J connectivity index is 3.88. The lowest BCUT2D eigenvalue weighted by atomic mass is 9.97. The Hall–Kier alpha value is -1.14. The van der Waals surface area contributed by atoms with E-state index in [1.165, 1.54) is 0 Å². The summed E-state index contributed by atoms with van der Waals surface area (Å²) in [5.74, 6) is -1.11. The standard InChI is InChI=1S/C8H17N3O3/c1-3-4-8(2,10)7(13)11-14-5-6(9)12/h3-5,10H2,1-2H3,(H2,9,12)(H,11,13). The molecule has 0 radical (unpaired) electrons. The first kappa shape index (κ1) is 12.9. The third-order valence-electron chi connectivity index (χ3n) is 1.67. The van der Waals surface area contributed by atoms with Gasteiger partial charge in [0, 0.05) is 0 Å². The first-order valence-electron chi connectivity index (χ1n) is 4.39. The van der Waals surface area contributed by atoms with Crippen LogP contribution < -0.4 is 16.9 Å². The summed E-state index contributed by atoms with van der Waals surface area (Å²) in [5, 5.41) is 0. The van der Waals surface area contributed by atoms with E-state index in [-0.39, 0.29) is 6.61 Å². The van der Waals surface area contributed by atoms with E-state index in [1.807, 2.05) is 6.92 Å². The van der Waals surface area contributed by atoms with Crippen molar-refractivity contribution in [3.63, 3.8) is 0 Å². The fourth-order valence-corrected chi connectivity index (χ4v) is 0.922. The van der Waals surface area contributed by atoms with Gasteiger partial charge in [-0.05, 0) is 13.3 Å². The van der Waals surface area contributed by atoms with Crippen molar-refractivity contribution >= 4 is 11.8 Å². The van der Waals surface area contributed by atoms with Crippen LogP contribution in [-0.4, -0.2) is 24.0 Å². The first-order valence-corrected chi connectivity index (χ1v) is 4.39. The van der Waals surface area contributed by atoms with Crippen molar-refractivity contribution in [2.75, 3.05) is 6.61 Å². The molecule has 14 heavy (non-hydrogen) atoms. The van der Waals surface area contributed by atoms with E-state index in [1.54, 1.807) is 6.92 Å². The highest BCUT2D eigenvalue weighted by molar-refractivity contribution is 5.84. The molecule has 5 N–H and O–H groups in total. The molecule has 0 aliphatic carbocycles. The van der Waals surface area contributed by atoms with E-state index < -0.39 is 17.4 Å². The fourth-order valence-electron chi connectivity index (χ4n) is 0.922. The second-order valence-electron chi connectivity index (χ2n) is 3.35. The molecule has 0 bridgehead atoms. The van der Waals surface area contributed by atoms with Gasteiger partial charge in [0.1, 0.15) is 0 Å². The minimum atomic E-state index is -0.980. The van der Waals surface area contributed by atoms with Crippen LogP contribution in [0.2, 0.25) is 0 Å². The predicted octanol–water partition coefficient (Wildman–Crippen LogP) is -0.963. The molecule has 0 saturated heterocycles. The molecule has 2 amide bonds. The predicted molar refractivity (Wildman–Crippen MR) is 50.8 cm³/mol. The van der Waals surface area contributed by atoms with Crippen LogP contribution >= 0.6 is 0 Å². The molecule has 0 aromatic rings. The van der Waals surface area contributed by atoms with Gasteiger partial charge in [-0.1, -0.05) is 13.3 Å². The number of nitrogens with two attached hydrogens (primary N) is 2. The third-order valence-corrected chi connectivity index (χ3v) is 1.67. The quantitative estimate of drug-likeness (QED) is 0.483. The normalized spacial score (nSPS) is 14.5.